The highest BCUT2D eigenvalue weighted by Crippen LogP contribution is 2.43. The van der Waals surface area contributed by atoms with Crippen LogP contribution in [-0.2, 0) is 39.1 Å². The largest absolute Gasteiger partial charge is 0.427 e. The molecule has 2 atom stereocenters. The number of β-lactam (4-membered cyclic amide) rings is 1. The minimum absolute atomic E-state index is 0.0276. The summed E-state index contributed by atoms with van der Waals surface area (Å²) in [5, 5.41) is 8.47. The van der Waals surface area contributed by atoms with Crippen molar-refractivity contribution >= 4 is 63.8 Å². The second-order valence-corrected chi connectivity index (χ2v) is 16.9. The summed E-state index contributed by atoms with van der Waals surface area (Å²) in [6, 6.07) is 31.3. The number of hydrogen-bond donors (Lipinski definition) is 2. The first kappa shape index (κ1) is 41.6. The second kappa shape index (κ2) is 17.7. The molecule has 2 aliphatic rings. The summed E-state index contributed by atoms with van der Waals surface area (Å²) >= 11 is 2.47. The van der Waals surface area contributed by atoms with Crippen molar-refractivity contribution in [3.05, 3.63) is 166 Å². The van der Waals surface area contributed by atoms with Gasteiger partial charge < -0.3 is 25.4 Å². The number of ether oxygens (including phenoxy) is 2. The van der Waals surface area contributed by atoms with E-state index in [1.165, 1.54) is 16.7 Å². The molecule has 2 aromatic heterocycles. The van der Waals surface area contributed by atoms with Crippen molar-refractivity contribution < 1.29 is 33.5 Å². The molecule has 2 amide bonds. The minimum atomic E-state index is -1.32. The van der Waals surface area contributed by atoms with Gasteiger partial charge in [-0.3, -0.25) is 24.3 Å². The summed E-state index contributed by atoms with van der Waals surface area (Å²) in [6.07, 6.45) is 5.19. The molecule has 0 saturated carbocycles. The van der Waals surface area contributed by atoms with Crippen molar-refractivity contribution in [2.75, 3.05) is 18.3 Å². The molecule has 13 nitrogen and oxygen atoms in total. The van der Waals surface area contributed by atoms with Crippen LogP contribution >= 0.6 is 23.1 Å². The predicted octanol–water partition coefficient (Wildman–Crippen LogP) is 6.60. The number of nitrogen functional groups attached to an aromatic ring is 1. The number of amides is 2. The number of benzene rings is 3. The Kier molecular flexibility index (Phi) is 12.3. The molecule has 2 aliphatic heterocycles. The van der Waals surface area contributed by atoms with Gasteiger partial charge in [0.25, 0.3) is 11.8 Å². The zero-order chi connectivity index (χ0) is 42.4. The third kappa shape index (κ3) is 8.72. The van der Waals surface area contributed by atoms with E-state index in [1.807, 2.05) is 110 Å². The fraction of sp³-hybridized carbons (Fsp3) is 0.222. The van der Waals surface area contributed by atoms with Gasteiger partial charge in [-0.15, -0.1) is 23.1 Å². The molecule has 15 heteroatoms. The molecule has 0 spiro atoms. The molecule has 5 aromatic rings. The van der Waals surface area contributed by atoms with Crippen LogP contribution < -0.4 is 11.1 Å². The molecule has 3 aromatic carbocycles. The fourth-order valence-corrected chi connectivity index (χ4v) is 8.42. The first-order chi connectivity index (χ1) is 28.9. The van der Waals surface area contributed by atoms with Gasteiger partial charge in [0.15, 0.2) is 10.8 Å². The van der Waals surface area contributed by atoms with E-state index in [1.54, 1.807) is 44.5 Å². The number of nitrogens with one attached hydrogen (secondary N) is 1. The molecular formula is C45H42N6O7S2. The summed E-state index contributed by atoms with van der Waals surface area (Å²) < 4.78 is 10.6. The average Bonchev–Trinajstić information content (AvgIpc) is 3.69. The van der Waals surface area contributed by atoms with E-state index in [-0.39, 0.29) is 28.0 Å². The van der Waals surface area contributed by atoms with Crippen LogP contribution in [0.1, 0.15) is 54.4 Å². The highest BCUT2D eigenvalue weighted by atomic mass is 32.2. The van der Waals surface area contributed by atoms with Crippen LogP contribution in [0.15, 0.2) is 137 Å². The van der Waals surface area contributed by atoms with Gasteiger partial charge in [0, 0.05) is 39.7 Å². The number of aryl methyl sites for hydroxylation is 1. The van der Waals surface area contributed by atoms with Crippen LogP contribution in [0.25, 0.3) is 6.08 Å². The third-order valence-corrected chi connectivity index (χ3v) is 11.7. The molecule has 1 saturated heterocycles. The van der Waals surface area contributed by atoms with E-state index < -0.39 is 53.0 Å². The number of carbonyl (C=O) groups excluding carboxylic acids is 4. The number of fused-ring (bicyclic) bond motifs is 1. The highest BCUT2D eigenvalue weighted by Gasteiger charge is 2.54. The Hall–Kier alpha value is -6.58. The number of allylic oxidation sites excluding steroid dienone is 1. The topological polar surface area (TPSA) is 175 Å². The van der Waals surface area contributed by atoms with Crippen molar-refractivity contribution in [2.24, 2.45) is 10.6 Å². The van der Waals surface area contributed by atoms with Crippen LogP contribution in [-0.4, -0.2) is 68.3 Å². The van der Waals surface area contributed by atoms with Crippen molar-refractivity contribution in [1.29, 1.82) is 0 Å². The number of thioether (sulfide) groups is 1. The first-order valence-electron chi connectivity index (χ1n) is 18.9. The van der Waals surface area contributed by atoms with Crippen LogP contribution in [0.4, 0.5) is 5.13 Å². The molecule has 0 bridgehead atoms. The maximum Gasteiger partial charge on any atom is 0.358 e. The Morgan fingerprint density at radius 1 is 0.900 bits per heavy atom. The number of nitrogens with two attached hydrogens (primary N) is 1. The summed E-state index contributed by atoms with van der Waals surface area (Å²) in [4.78, 5) is 71.2. The van der Waals surface area contributed by atoms with Crippen molar-refractivity contribution in [3.63, 3.8) is 0 Å². The Labute approximate surface area is 355 Å². The third-order valence-electron chi connectivity index (χ3n) is 9.68. The van der Waals surface area contributed by atoms with Gasteiger partial charge in [-0.2, -0.15) is 0 Å². The minimum Gasteiger partial charge on any atom is -0.427 e. The maximum absolute atomic E-state index is 14.4. The van der Waals surface area contributed by atoms with Gasteiger partial charge >= 0.3 is 11.9 Å². The zero-order valence-corrected chi connectivity index (χ0v) is 34.9. The van der Waals surface area contributed by atoms with E-state index in [9.17, 15) is 19.2 Å². The van der Waals surface area contributed by atoms with Crippen molar-refractivity contribution in [2.45, 2.75) is 44.7 Å². The normalized spacial score (nSPS) is 16.8. The lowest BCUT2D eigenvalue weighted by molar-refractivity contribution is -0.173. The number of aromatic nitrogens is 2. The number of rotatable bonds is 13. The van der Waals surface area contributed by atoms with Gasteiger partial charge in [0.05, 0.1) is 5.41 Å². The van der Waals surface area contributed by atoms with Gasteiger partial charge in [-0.05, 0) is 44.9 Å². The molecule has 4 heterocycles. The number of nitrogens with zero attached hydrogens (tertiary/aromatic N) is 4. The lowest BCUT2D eigenvalue weighted by atomic mass is 9.80. The quantitative estimate of drug-likeness (QED) is 0.0326. The van der Waals surface area contributed by atoms with E-state index in [0.29, 0.717) is 5.57 Å². The van der Waals surface area contributed by atoms with Gasteiger partial charge in [-0.25, -0.2) is 9.78 Å². The monoisotopic (exact) mass is 842 g/mol. The lowest BCUT2D eigenvalue weighted by Crippen LogP contribution is -2.71. The van der Waals surface area contributed by atoms with E-state index >= 15 is 0 Å². The lowest BCUT2D eigenvalue weighted by Gasteiger charge is -2.49. The number of esters is 2. The van der Waals surface area contributed by atoms with E-state index in [0.717, 1.165) is 39.3 Å². The molecule has 1 fully saturated rings. The second-order valence-electron chi connectivity index (χ2n) is 14.9. The Bertz CT molecular complexity index is 2370. The van der Waals surface area contributed by atoms with Gasteiger partial charge in [-0.1, -0.05) is 114 Å². The molecule has 0 unspecified atom stereocenters. The van der Waals surface area contributed by atoms with Crippen LogP contribution in [0.5, 0.6) is 0 Å². The zero-order valence-electron chi connectivity index (χ0n) is 33.2. The first-order valence-corrected chi connectivity index (χ1v) is 20.9. The van der Waals surface area contributed by atoms with Gasteiger partial charge in [0.2, 0.25) is 12.4 Å². The average molecular weight is 843 g/mol. The summed E-state index contributed by atoms with van der Waals surface area (Å²) in [7, 11) is 0. The fourth-order valence-electron chi connectivity index (χ4n) is 6.56. The number of thiazole rings is 1. The summed E-state index contributed by atoms with van der Waals surface area (Å²) in [5.41, 5.74) is 8.16. The molecule has 7 rings (SSSR count). The number of oxime groups is 1. The van der Waals surface area contributed by atoms with Crippen LogP contribution in [0, 0.1) is 12.3 Å². The molecule has 0 aliphatic carbocycles. The summed E-state index contributed by atoms with van der Waals surface area (Å²) in [6.45, 7) is 6.26. The molecular weight excluding hydrogens is 801 g/mol. The Balaban J connectivity index is 1.20. The SMILES string of the molecule is Cc1ccc(/C=C\C2=C(C(=O)OCOC(=O)C(C)(C)C)N3C(=O)[C@@H](NC(=O)C(=NOC(c4ccccc4)(c4ccccc4)c4ccccc4)c4csc(N)n4)[C@@H]3SC2)cn1. The Morgan fingerprint density at radius 2 is 1.52 bits per heavy atom. The standard InChI is InChI=1S/C45H42N6O7S2/c1-28-20-21-29(24-47-28)22-23-30-25-59-40-36(39(53)51(40)37(30)41(54)56-27-57-42(55)44(2,3)4)49-38(52)35(34-26-60-43(46)48-34)50-58-45(31-14-8-5-9-15-31,32-16-10-6-11-17-32)33-18-12-7-13-19-33/h5-24,26,36,40H,25,27H2,1-4H3,(H2,46,48)(H,49,52)/b23-22-,50-35?/t36-,40+/m1/s1. The number of hydrogen-bond acceptors (Lipinski definition) is 13. The summed E-state index contributed by atoms with van der Waals surface area (Å²) in [5.74, 6) is -2.46. The van der Waals surface area contributed by atoms with Crippen molar-refractivity contribution in [3.8, 4) is 0 Å². The van der Waals surface area contributed by atoms with Crippen LogP contribution in [0.2, 0.25) is 0 Å². The predicted molar refractivity (Wildman–Crippen MR) is 230 cm³/mol. The van der Waals surface area contributed by atoms with E-state index in [2.05, 4.69) is 20.4 Å². The molecule has 306 valence electrons. The molecule has 3 N–H and O–H groups in total. The smallest absolute Gasteiger partial charge is 0.358 e. The number of anilines is 1. The molecule has 0 radical (unpaired) electrons. The highest BCUT2D eigenvalue weighted by molar-refractivity contribution is 8.00. The van der Waals surface area contributed by atoms with Gasteiger partial charge in [0.1, 0.15) is 22.8 Å². The maximum atomic E-state index is 14.4. The number of carbonyl (C=O) groups is 4. The van der Waals surface area contributed by atoms with Crippen molar-refractivity contribution in [1.82, 2.24) is 20.2 Å². The van der Waals surface area contributed by atoms with Crippen LogP contribution in [0.3, 0.4) is 0 Å². The number of pyridine rings is 1. The van der Waals surface area contributed by atoms with E-state index in [4.69, 9.17) is 20.0 Å². The molecule has 60 heavy (non-hydrogen) atoms. The Morgan fingerprint density at radius 3 is 2.05 bits per heavy atom.